The average Bonchev–Trinajstić information content (AvgIpc) is 2.00. The number of rotatable bonds is 6. The highest BCUT2D eigenvalue weighted by Gasteiger charge is 2.18. The molecule has 0 saturated carbocycles. The van der Waals surface area contributed by atoms with Gasteiger partial charge in [-0.2, -0.15) is 0 Å². The third-order valence-electron chi connectivity index (χ3n) is 2.90. The summed E-state index contributed by atoms with van der Waals surface area (Å²) in [7, 11) is 0. The minimum absolute atomic E-state index is 0.359. The molecule has 3 atom stereocenters. The number of nitrogens with two attached hydrogens (primary N) is 1. The second-order valence-corrected chi connectivity index (χ2v) is 4.99. The molecule has 0 spiro atoms. The molecule has 13 heavy (non-hydrogen) atoms. The van der Waals surface area contributed by atoms with Gasteiger partial charge in [-0.15, -0.1) is 0 Å². The average molecular weight is 185 g/mol. The van der Waals surface area contributed by atoms with Crippen LogP contribution in [0.4, 0.5) is 0 Å². The van der Waals surface area contributed by atoms with Crippen molar-refractivity contribution in [3.05, 3.63) is 0 Å². The largest absolute Gasteiger partial charge is 0.328 e. The van der Waals surface area contributed by atoms with Crippen LogP contribution >= 0.6 is 0 Å². The zero-order valence-electron chi connectivity index (χ0n) is 10.0. The van der Waals surface area contributed by atoms with Crippen molar-refractivity contribution in [3.63, 3.8) is 0 Å². The van der Waals surface area contributed by atoms with Gasteiger partial charge in [0.1, 0.15) is 0 Å². The maximum Gasteiger partial charge on any atom is 0.00132 e. The standard InChI is InChI=1S/C12H27N/c1-6-10(4)12(7-9(2)3)8-11(5)13/h9-12H,6-8,13H2,1-5H3. The first-order chi connectivity index (χ1) is 5.97. The van der Waals surface area contributed by atoms with E-state index in [2.05, 4.69) is 34.6 Å². The van der Waals surface area contributed by atoms with Gasteiger partial charge in [0.15, 0.2) is 0 Å². The summed E-state index contributed by atoms with van der Waals surface area (Å²) in [6, 6.07) is 0.359. The maximum atomic E-state index is 5.86. The van der Waals surface area contributed by atoms with Crippen LogP contribution in [0.1, 0.15) is 53.9 Å². The van der Waals surface area contributed by atoms with Crippen LogP contribution in [0.15, 0.2) is 0 Å². The van der Waals surface area contributed by atoms with Gasteiger partial charge in [0.05, 0.1) is 0 Å². The molecule has 80 valence electrons. The molecule has 1 nitrogen and oxygen atoms in total. The van der Waals surface area contributed by atoms with Gasteiger partial charge in [0.25, 0.3) is 0 Å². The van der Waals surface area contributed by atoms with Gasteiger partial charge < -0.3 is 5.73 Å². The highest BCUT2D eigenvalue weighted by molar-refractivity contribution is 4.71. The lowest BCUT2D eigenvalue weighted by Gasteiger charge is -2.26. The smallest absolute Gasteiger partial charge is 0.00132 e. The molecule has 0 saturated heterocycles. The molecule has 0 bridgehead atoms. The van der Waals surface area contributed by atoms with Gasteiger partial charge in [-0.05, 0) is 37.5 Å². The molecule has 0 heterocycles. The van der Waals surface area contributed by atoms with Crippen LogP contribution in [-0.4, -0.2) is 6.04 Å². The Morgan fingerprint density at radius 3 is 1.85 bits per heavy atom. The third-order valence-corrected chi connectivity index (χ3v) is 2.90. The zero-order chi connectivity index (χ0) is 10.4. The third kappa shape index (κ3) is 6.09. The first-order valence-electron chi connectivity index (χ1n) is 5.72. The van der Waals surface area contributed by atoms with Crippen LogP contribution in [0.3, 0.4) is 0 Å². The fourth-order valence-corrected chi connectivity index (χ4v) is 1.98. The summed E-state index contributed by atoms with van der Waals surface area (Å²) >= 11 is 0. The fourth-order valence-electron chi connectivity index (χ4n) is 1.98. The van der Waals surface area contributed by atoms with E-state index in [9.17, 15) is 0 Å². The molecule has 0 fully saturated rings. The molecule has 3 unspecified atom stereocenters. The van der Waals surface area contributed by atoms with E-state index in [0.29, 0.717) is 6.04 Å². The van der Waals surface area contributed by atoms with Crippen molar-refractivity contribution in [2.24, 2.45) is 23.5 Å². The van der Waals surface area contributed by atoms with E-state index in [4.69, 9.17) is 5.73 Å². The van der Waals surface area contributed by atoms with Crippen LogP contribution in [0.2, 0.25) is 0 Å². The van der Waals surface area contributed by atoms with Crippen molar-refractivity contribution in [3.8, 4) is 0 Å². The Bertz CT molecular complexity index is 108. The van der Waals surface area contributed by atoms with Gasteiger partial charge >= 0.3 is 0 Å². The molecule has 2 N–H and O–H groups in total. The second kappa shape index (κ2) is 6.42. The molecule has 0 aromatic heterocycles. The lowest BCUT2D eigenvalue weighted by atomic mass is 9.81. The SMILES string of the molecule is CCC(C)C(CC(C)C)CC(C)N. The minimum Gasteiger partial charge on any atom is -0.328 e. The predicted molar refractivity (Wildman–Crippen MR) is 60.7 cm³/mol. The topological polar surface area (TPSA) is 26.0 Å². The Kier molecular flexibility index (Phi) is 6.40. The van der Waals surface area contributed by atoms with Crippen molar-refractivity contribution in [2.75, 3.05) is 0 Å². The Morgan fingerprint density at radius 1 is 1.00 bits per heavy atom. The number of hydrogen-bond acceptors (Lipinski definition) is 1. The van der Waals surface area contributed by atoms with E-state index in [-0.39, 0.29) is 0 Å². The van der Waals surface area contributed by atoms with Crippen LogP contribution in [-0.2, 0) is 0 Å². The Balaban J connectivity index is 4.02. The highest BCUT2D eigenvalue weighted by atomic mass is 14.6. The van der Waals surface area contributed by atoms with Crippen LogP contribution in [0.25, 0.3) is 0 Å². The molecular formula is C12H27N. The maximum absolute atomic E-state index is 5.86. The molecular weight excluding hydrogens is 158 g/mol. The van der Waals surface area contributed by atoms with Gasteiger partial charge in [0.2, 0.25) is 0 Å². The second-order valence-electron chi connectivity index (χ2n) is 4.99. The summed E-state index contributed by atoms with van der Waals surface area (Å²) < 4.78 is 0. The Hall–Kier alpha value is -0.0400. The van der Waals surface area contributed by atoms with E-state index in [1.54, 1.807) is 0 Å². The fraction of sp³-hybridized carbons (Fsp3) is 1.00. The van der Waals surface area contributed by atoms with Gasteiger partial charge in [-0.1, -0.05) is 34.1 Å². The molecule has 0 aromatic carbocycles. The van der Waals surface area contributed by atoms with Crippen LogP contribution < -0.4 is 5.73 Å². The zero-order valence-corrected chi connectivity index (χ0v) is 10.0. The lowest BCUT2D eigenvalue weighted by Crippen LogP contribution is -2.24. The quantitative estimate of drug-likeness (QED) is 0.674. The van der Waals surface area contributed by atoms with E-state index in [1.807, 2.05) is 0 Å². The summed E-state index contributed by atoms with van der Waals surface area (Å²) in [6.07, 6.45) is 3.80. The van der Waals surface area contributed by atoms with Crippen molar-refractivity contribution in [1.29, 1.82) is 0 Å². The summed E-state index contributed by atoms with van der Waals surface area (Å²) in [4.78, 5) is 0. The van der Waals surface area contributed by atoms with Crippen molar-refractivity contribution >= 4 is 0 Å². The van der Waals surface area contributed by atoms with Crippen molar-refractivity contribution < 1.29 is 0 Å². The van der Waals surface area contributed by atoms with Gasteiger partial charge in [0, 0.05) is 6.04 Å². The molecule has 0 radical (unpaired) electrons. The van der Waals surface area contributed by atoms with Crippen LogP contribution in [0.5, 0.6) is 0 Å². The molecule has 0 aliphatic carbocycles. The van der Waals surface area contributed by atoms with Crippen molar-refractivity contribution in [2.45, 2.75) is 59.9 Å². The van der Waals surface area contributed by atoms with E-state index < -0.39 is 0 Å². The Labute approximate surface area is 84.1 Å². The summed E-state index contributed by atoms with van der Waals surface area (Å²) in [5.74, 6) is 2.45. The molecule has 0 aliphatic heterocycles. The summed E-state index contributed by atoms with van der Waals surface area (Å²) in [5.41, 5.74) is 5.86. The normalized spacial score (nSPS) is 18.7. The van der Waals surface area contributed by atoms with E-state index in [0.717, 1.165) is 17.8 Å². The minimum atomic E-state index is 0.359. The number of hydrogen-bond donors (Lipinski definition) is 1. The molecule has 0 rings (SSSR count). The monoisotopic (exact) mass is 185 g/mol. The molecule has 0 amide bonds. The van der Waals surface area contributed by atoms with Crippen molar-refractivity contribution in [1.82, 2.24) is 0 Å². The molecule has 0 aromatic rings. The highest BCUT2D eigenvalue weighted by Crippen LogP contribution is 2.26. The van der Waals surface area contributed by atoms with Crippen LogP contribution in [0, 0.1) is 17.8 Å². The van der Waals surface area contributed by atoms with E-state index in [1.165, 1.54) is 19.3 Å². The summed E-state index contributed by atoms with van der Waals surface area (Å²) in [5, 5.41) is 0. The summed E-state index contributed by atoms with van der Waals surface area (Å²) in [6.45, 7) is 11.4. The lowest BCUT2D eigenvalue weighted by molar-refractivity contribution is 0.263. The molecule has 1 heteroatoms. The van der Waals surface area contributed by atoms with E-state index >= 15 is 0 Å². The predicted octanol–water partition coefficient (Wildman–Crippen LogP) is 3.43. The molecule has 0 aliphatic rings. The Morgan fingerprint density at radius 2 is 1.54 bits per heavy atom. The van der Waals surface area contributed by atoms with Gasteiger partial charge in [-0.3, -0.25) is 0 Å². The first kappa shape index (κ1) is 13.0. The van der Waals surface area contributed by atoms with Gasteiger partial charge in [-0.25, -0.2) is 0 Å². The first-order valence-corrected chi connectivity index (χ1v) is 5.72.